The zero-order valence-electron chi connectivity index (χ0n) is 17.0. The Balaban J connectivity index is 1.69. The van der Waals surface area contributed by atoms with Gasteiger partial charge in [0.05, 0.1) is 0 Å². The Morgan fingerprint density at radius 2 is 1.90 bits per heavy atom. The number of benzene rings is 1. The van der Waals surface area contributed by atoms with Gasteiger partial charge in [-0.2, -0.15) is 0 Å². The molecule has 1 aromatic carbocycles. The predicted octanol–water partition coefficient (Wildman–Crippen LogP) is 4.05. The van der Waals surface area contributed by atoms with Crippen molar-refractivity contribution in [3.8, 4) is 0 Å². The molecule has 3 atom stereocenters. The summed E-state index contributed by atoms with van der Waals surface area (Å²) >= 11 is 5.70. The maximum absolute atomic E-state index is 12.7. The molecule has 1 aliphatic heterocycles. The van der Waals surface area contributed by atoms with Gasteiger partial charge in [0.1, 0.15) is 6.10 Å². The van der Waals surface area contributed by atoms with E-state index in [0.29, 0.717) is 25.8 Å². The van der Waals surface area contributed by atoms with Gasteiger partial charge in [0, 0.05) is 31.3 Å². The van der Waals surface area contributed by atoms with E-state index in [2.05, 4.69) is 13.8 Å². The van der Waals surface area contributed by atoms with E-state index in [-0.39, 0.29) is 53.4 Å². The lowest BCUT2D eigenvalue weighted by Gasteiger charge is -2.46. The molecule has 29 heavy (non-hydrogen) atoms. The van der Waals surface area contributed by atoms with Gasteiger partial charge >= 0.3 is 5.97 Å². The first-order valence-corrected chi connectivity index (χ1v) is 10.7. The largest absolute Gasteiger partial charge is 0.459 e. The van der Waals surface area contributed by atoms with Crippen LogP contribution < -0.4 is 0 Å². The van der Waals surface area contributed by atoms with Crippen molar-refractivity contribution in [1.29, 1.82) is 0 Å². The zero-order valence-corrected chi connectivity index (χ0v) is 17.7. The van der Waals surface area contributed by atoms with Crippen LogP contribution in [-0.2, 0) is 19.1 Å². The third-order valence-corrected chi connectivity index (χ3v) is 6.62. The molecule has 2 bridgehead atoms. The number of amides is 2. The highest BCUT2D eigenvalue weighted by atomic mass is 35.5. The molecule has 0 aromatic heterocycles. The lowest BCUT2D eigenvalue weighted by molar-refractivity contribution is -0.150. The molecule has 2 amide bonds. The van der Waals surface area contributed by atoms with E-state index < -0.39 is 0 Å². The molecule has 0 N–H and O–H groups in total. The van der Waals surface area contributed by atoms with Crippen LogP contribution in [0.1, 0.15) is 45.1 Å². The van der Waals surface area contributed by atoms with Crippen molar-refractivity contribution in [1.82, 2.24) is 4.90 Å². The second-order valence-corrected chi connectivity index (χ2v) is 8.91. The minimum absolute atomic E-state index is 0.0680. The Kier molecular flexibility index (Phi) is 6.78. The zero-order chi connectivity index (χ0) is 21.0. The number of hydrogen-bond acceptors (Lipinski definition) is 4. The highest BCUT2D eigenvalue weighted by Crippen LogP contribution is 2.49. The minimum Gasteiger partial charge on any atom is -0.459 e. The SMILES string of the molecule is CC1(C)[C@@H]2CC(=O)N(C(=O)CCCl)C[C@H]1C[C@@H](OC(=O)/C=C/c1ccccc1)C2. The van der Waals surface area contributed by atoms with Crippen molar-refractivity contribution in [2.45, 2.75) is 45.6 Å². The molecule has 3 rings (SSSR count). The quantitative estimate of drug-likeness (QED) is 0.412. The van der Waals surface area contributed by atoms with Crippen LogP contribution in [0.15, 0.2) is 36.4 Å². The second-order valence-electron chi connectivity index (χ2n) is 8.53. The summed E-state index contributed by atoms with van der Waals surface area (Å²) in [6.45, 7) is 4.67. The monoisotopic (exact) mass is 417 g/mol. The first-order chi connectivity index (χ1) is 13.8. The number of esters is 1. The molecule has 1 saturated carbocycles. The van der Waals surface area contributed by atoms with E-state index in [1.54, 1.807) is 6.08 Å². The van der Waals surface area contributed by atoms with Crippen LogP contribution in [-0.4, -0.2) is 41.2 Å². The summed E-state index contributed by atoms with van der Waals surface area (Å²) in [7, 11) is 0. The highest BCUT2D eigenvalue weighted by Gasteiger charge is 2.49. The van der Waals surface area contributed by atoms with Crippen LogP contribution in [0.2, 0.25) is 0 Å². The van der Waals surface area contributed by atoms with Gasteiger partial charge in [0.2, 0.25) is 11.8 Å². The van der Waals surface area contributed by atoms with Crippen LogP contribution >= 0.6 is 11.6 Å². The topological polar surface area (TPSA) is 63.7 Å². The van der Waals surface area contributed by atoms with Crippen molar-refractivity contribution in [2.75, 3.05) is 12.4 Å². The fraction of sp³-hybridized carbons (Fsp3) is 0.522. The number of rotatable bonds is 5. The van der Waals surface area contributed by atoms with E-state index in [4.69, 9.17) is 16.3 Å². The van der Waals surface area contributed by atoms with Gasteiger partial charge < -0.3 is 4.74 Å². The van der Waals surface area contributed by atoms with E-state index in [1.165, 1.54) is 11.0 Å². The standard InChI is InChI=1S/C23H28ClNO4/c1-23(2)17-12-19(29-22(28)9-8-16-6-4-3-5-7-16)13-18(23)15-25(21(27)14-17)20(26)10-11-24/h3-9,17-19H,10-15H2,1-2H3/b9-8+/t17-,18+,19-/m0/s1. The molecule has 156 valence electrons. The predicted molar refractivity (Wildman–Crippen MR) is 112 cm³/mol. The number of imide groups is 1. The molecule has 0 unspecified atom stereocenters. The van der Waals surface area contributed by atoms with E-state index in [9.17, 15) is 14.4 Å². The number of ether oxygens (including phenoxy) is 1. The fourth-order valence-electron chi connectivity index (χ4n) is 4.46. The van der Waals surface area contributed by atoms with Crippen molar-refractivity contribution < 1.29 is 19.1 Å². The first kappa shape index (κ1) is 21.6. The van der Waals surface area contributed by atoms with E-state index in [1.807, 2.05) is 30.3 Å². The van der Waals surface area contributed by atoms with Gasteiger partial charge in [0.25, 0.3) is 0 Å². The Labute approximate surface area is 177 Å². The van der Waals surface area contributed by atoms with Gasteiger partial charge in [-0.15, -0.1) is 11.6 Å². The number of fused-ring (bicyclic) bond motifs is 2. The summed E-state index contributed by atoms with van der Waals surface area (Å²) in [5.41, 5.74) is 0.830. The van der Waals surface area contributed by atoms with Gasteiger partial charge in [-0.3, -0.25) is 14.5 Å². The number of nitrogens with zero attached hydrogens (tertiary/aromatic N) is 1. The Morgan fingerprint density at radius 3 is 2.59 bits per heavy atom. The first-order valence-electron chi connectivity index (χ1n) is 10.1. The molecule has 1 aromatic rings. The lowest BCUT2D eigenvalue weighted by atomic mass is 9.61. The molecule has 2 aliphatic rings. The maximum Gasteiger partial charge on any atom is 0.331 e. The number of likely N-dealkylation sites (tertiary alicyclic amines) is 1. The average Bonchev–Trinajstić information content (AvgIpc) is 2.73. The molecule has 6 heteroatoms. The maximum atomic E-state index is 12.7. The highest BCUT2D eigenvalue weighted by molar-refractivity contribution is 6.19. The fourth-order valence-corrected chi connectivity index (χ4v) is 4.62. The number of alkyl halides is 1. The van der Waals surface area contributed by atoms with Crippen LogP contribution in [0.3, 0.4) is 0 Å². The van der Waals surface area contributed by atoms with E-state index in [0.717, 1.165) is 5.56 Å². The Morgan fingerprint density at radius 1 is 1.21 bits per heavy atom. The molecule has 1 heterocycles. The molecule has 1 saturated heterocycles. The van der Waals surface area contributed by atoms with E-state index >= 15 is 0 Å². The Hall–Kier alpha value is -2.14. The second kappa shape index (κ2) is 9.12. The van der Waals surface area contributed by atoms with Gasteiger partial charge in [-0.1, -0.05) is 44.2 Å². The molecule has 2 fully saturated rings. The van der Waals surface area contributed by atoms with Crippen molar-refractivity contribution in [2.24, 2.45) is 17.3 Å². The molecule has 0 spiro atoms. The van der Waals surface area contributed by atoms with Crippen LogP contribution in [0.25, 0.3) is 6.08 Å². The Bertz CT molecular complexity index is 789. The number of carbonyl (C=O) groups excluding carboxylic acids is 3. The van der Waals surface area contributed by atoms with Gasteiger partial charge in [0.15, 0.2) is 0 Å². The molecular formula is C23H28ClNO4. The summed E-state index contributed by atoms with van der Waals surface area (Å²) in [6.07, 6.45) is 4.67. The summed E-state index contributed by atoms with van der Waals surface area (Å²) in [5, 5.41) is 0. The van der Waals surface area contributed by atoms with Gasteiger partial charge in [-0.25, -0.2) is 4.79 Å². The van der Waals surface area contributed by atoms with Crippen LogP contribution in [0.5, 0.6) is 0 Å². The van der Waals surface area contributed by atoms with Crippen LogP contribution in [0.4, 0.5) is 0 Å². The normalized spacial score (nSPS) is 26.2. The number of halogens is 1. The number of carbonyl (C=O) groups is 3. The average molecular weight is 418 g/mol. The van der Waals surface area contributed by atoms with Crippen molar-refractivity contribution >= 4 is 35.5 Å². The summed E-state index contributed by atoms with van der Waals surface area (Å²) in [4.78, 5) is 38.7. The van der Waals surface area contributed by atoms with Crippen molar-refractivity contribution in [3.05, 3.63) is 42.0 Å². The van der Waals surface area contributed by atoms with Crippen LogP contribution in [0, 0.1) is 17.3 Å². The molecule has 1 aliphatic carbocycles. The number of hydrogen-bond donors (Lipinski definition) is 0. The summed E-state index contributed by atoms with van der Waals surface area (Å²) in [5.74, 6) is -0.379. The molecular weight excluding hydrogens is 390 g/mol. The van der Waals surface area contributed by atoms with Crippen molar-refractivity contribution in [3.63, 3.8) is 0 Å². The molecule has 5 nitrogen and oxygen atoms in total. The lowest BCUT2D eigenvalue weighted by Crippen LogP contribution is -2.45. The summed E-state index contributed by atoms with van der Waals surface area (Å²) in [6, 6.07) is 9.57. The smallest absolute Gasteiger partial charge is 0.331 e. The third-order valence-electron chi connectivity index (χ3n) is 6.43. The third kappa shape index (κ3) is 5.08. The van der Waals surface area contributed by atoms with Gasteiger partial charge in [-0.05, 0) is 41.7 Å². The minimum atomic E-state index is -0.378. The summed E-state index contributed by atoms with van der Waals surface area (Å²) < 4.78 is 5.72. The molecule has 0 radical (unpaired) electrons.